The highest BCUT2D eigenvalue weighted by Gasteiger charge is 2.53. The average molecular weight is 1370 g/mol. The van der Waals surface area contributed by atoms with E-state index in [4.69, 9.17) is 112 Å². The maximum atomic E-state index is 15.1. The van der Waals surface area contributed by atoms with Gasteiger partial charge in [-0.15, -0.1) is 0 Å². The Morgan fingerprint density at radius 3 is 1.26 bits per heavy atom. The lowest BCUT2D eigenvalue weighted by molar-refractivity contribution is 0.0584. The van der Waals surface area contributed by atoms with Crippen molar-refractivity contribution in [3.8, 4) is 34.5 Å². The first-order valence-electron chi connectivity index (χ1n) is 28.7. The zero-order valence-electron chi connectivity index (χ0n) is 51.6. The van der Waals surface area contributed by atoms with Crippen LogP contribution in [0.3, 0.4) is 0 Å². The summed E-state index contributed by atoms with van der Waals surface area (Å²) in [5, 5.41) is 9.42. The van der Waals surface area contributed by atoms with E-state index in [1.54, 1.807) is 71.8 Å². The van der Waals surface area contributed by atoms with Crippen LogP contribution in [-0.4, -0.2) is 135 Å². The van der Waals surface area contributed by atoms with Gasteiger partial charge in [0.05, 0.1) is 69.1 Å². The predicted molar refractivity (Wildman–Crippen MR) is 349 cm³/mol. The summed E-state index contributed by atoms with van der Waals surface area (Å²) in [5.74, 6) is 0.797. The van der Waals surface area contributed by atoms with Crippen molar-refractivity contribution in [2.45, 2.75) is 142 Å². The Morgan fingerprint density at radius 2 is 0.920 bits per heavy atom. The highest BCUT2D eigenvalue weighted by Crippen LogP contribution is 2.50. The molecule has 0 bridgehead atoms. The number of phenolic OH excluding ortho intramolecular Hbond substituents is 1. The summed E-state index contributed by atoms with van der Waals surface area (Å²) >= 11 is 36.9. The number of phenols is 1. The van der Waals surface area contributed by atoms with Crippen molar-refractivity contribution >= 4 is 133 Å². The van der Waals surface area contributed by atoms with Crippen molar-refractivity contribution in [1.29, 1.82) is 0 Å². The quantitative estimate of drug-likeness (QED) is 0.0531. The number of halogens is 6. The summed E-state index contributed by atoms with van der Waals surface area (Å²) < 4.78 is 51.9. The molecule has 18 nitrogen and oxygen atoms in total. The second kappa shape index (κ2) is 26.9. The number of fused-ring (bicyclic) bond motifs is 4. The van der Waals surface area contributed by atoms with Crippen molar-refractivity contribution < 1.29 is 66.3 Å². The number of unbranched alkanes of at least 4 members (excludes halogenated alkanes) is 2. The van der Waals surface area contributed by atoms with Crippen LogP contribution in [0.5, 0.6) is 34.5 Å². The fourth-order valence-electron chi connectivity index (χ4n) is 10.1. The second-order valence-electron chi connectivity index (χ2n) is 25.0. The van der Waals surface area contributed by atoms with E-state index in [1.165, 1.54) is 30.1 Å². The van der Waals surface area contributed by atoms with Crippen molar-refractivity contribution in [3.05, 3.63) is 107 Å². The van der Waals surface area contributed by atoms with Crippen LogP contribution in [0.4, 0.5) is 21.0 Å². The van der Waals surface area contributed by atoms with Crippen LogP contribution in [0.15, 0.2) is 85.2 Å². The number of alkyl halides is 6. The fraction of sp³-hybridized carbons (Fsp3) is 0.484. The molecule has 4 aromatic carbocycles. The van der Waals surface area contributed by atoms with Crippen molar-refractivity contribution in [3.63, 3.8) is 0 Å². The van der Waals surface area contributed by atoms with Crippen molar-refractivity contribution in [1.82, 2.24) is 9.80 Å². The van der Waals surface area contributed by atoms with Crippen LogP contribution < -0.4 is 33.5 Å². The number of amides is 4. The lowest BCUT2D eigenvalue weighted by Crippen LogP contribution is -2.58. The minimum absolute atomic E-state index is 0.0834. The van der Waals surface area contributed by atoms with Gasteiger partial charge in [-0.25, -0.2) is 19.4 Å². The minimum atomic E-state index is -2.78. The van der Waals surface area contributed by atoms with E-state index in [0.29, 0.717) is 31.4 Å². The van der Waals surface area contributed by atoms with Crippen LogP contribution in [0.25, 0.3) is 11.1 Å². The standard InChI is InChI=1S/C62H76Cl6N4O14Si2/c1-59(2,3)87(10,11)85-55-47-27-39(37-17-21-41(73)22-18-37)33-69(47)53(74)43-29-49(79-8)51(31-45(43)71(55)57(76)83-35-61(63,64)65)81-25-15-14-16-26-82-52-32-46-44(30-50(52)80-9)54(75)70-34-40(38-19-23-42(78-7)24-20-38)28-48(70)56(86-88(12,13)60(4,5)6)72(46)58(77)84-36-62(66,67)68/h17-24,29-34,47-48,55-56,73H,14-16,25-28,35-36H2,1-13H3/t47-,48-,55?,56?/m0/s1. The number of carbonyl (C=O) groups excluding carboxylic acids is 4. The third-order valence-electron chi connectivity index (χ3n) is 16.9. The van der Waals surface area contributed by atoms with E-state index in [9.17, 15) is 14.7 Å². The smallest absolute Gasteiger partial charge is 0.416 e. The molecule has 8 rings (SSSR count). The molecule has 0 saturated carbocycles. The molecule has 0 aromatic heterocycles. The number of rotatable bonds is 19. The van der Waals surface area contributed by atoms with Gasteiger partial charge in [-0.2, -0.15) is 0 Å². The van der Waals surface area contributed by atoms with Gasteiger partial charge in [-0.05, 0) is 127 Å². The van der Waals surface area contributed by atoms with Gasteiger partial charge in [-0.3, -0.25) is 9.59 Å². The summed E-state index contributed by atoms with van der Waals surface area (Å²) in [6.45, 7) is 19.8. The maximum Gasteiger partial charge on any atom is 0.416 e. The summed E-state index contributed by atoms with van der Waals surface area (Å²) in [6, 6.07) is 18.9. The topological polar surface area (TPSA) is 185 Å². The first-order valence-corrected chi connectivity index (χ1v) is 36.8. The molecular formula is C62H76Cl6N4O14Si2. The summed E-state index contributed by atoms with van der Waals surface area (Å²) in [6.07, 6.45) is 1.65. The number of anilines is 2. The first-order chi connectivity index (χ1) is 41.1. The molecule has 4 amide bonds. The number of carbonyl (C=O) groups is 4. The summed E-state index contributed by atoms with van der Waals surface area (Å²) in [4.78, 5) is 65.4. The van der Waals surface area contributed by atoms with Crippen molar-refractivity contribution in [2.24, 2.45) is 0 Å². The number of nitrogens with zero attached hydrogens (tertiary/aromatic N) is 4. The van der Waals surface area contributed by atoms with E-state index in [-0.39, 0.29) is 81.0 Å². The van der Waals surface area contributed by atoms with E-state index in [0.717, 1.165) is 22.3 Å². The Bertz CT molecular complexity index is 3310. The molecule has 4 aliphatic rings. The molecule has 4 aliphatic heterocycles. The Morgan fingerprint density at radius 1 is 0.545 bits per heavy atom. The zero-order valence-corrected chi connectivity index (χ0v) is 58.1. The zero-order chi connectivity index (χ0) is 64.6. The van der Waals surface area contributed by atoms with E-state index in [2.05, 4.69) is 54.6 Å². The molecule has 2 unspecified atom stereocenters. The van der Waals surface area contributed by atoms with E-state index < -0.39 is 86.0 Å². The Hall–Kier alpha value is -5.27. The molecule has 478 valence electrons. The molecule has 0 spiro atoms. The van der Waals surface area contributed by atoms with Gasteiger partial charge in [0.1, 0.15) is 24.7 Å². The van der Waals surface area contributed by atoms with Crippen molar-refractivity contribution in [2.75, 3.05) is 57.6 Å². The molecule has 88 heavy (non-hydrogen) atoms. The third-order valence-corrected chi connectivity index (χ3v) is 26.4. The molecule has 26 heteroatoms. The normalized spacial score (nSPS) is 18.9. The summed E-state index contributed by atoms with van der Waals surface area (Å²) in [5.41, 5.74) is 3.70. The molecule has 0 aliphatic carbocycles. The lowest BCUT2D eigenvalue weighted by atomic mass is 10.0. The molecule has 1 N–H and O–H groups in total. The number of benzene rings is 4. The van der Waals surface area contributed by atoms with Gasteiger partial charge in [0.2, 0.25) is 7.59 Å². The summed E-state index contributed by atoms with van der Waals surface area (Å²) in [7, 11) is -1.06. The number of methoxy groups -OCH3 is 3. The highest BCUT2D eigenvalue weighted by molar-refractivity contribution is 6.74. The fourth-order valence-corrected chi connectivity index (χ4v) is 12.9. The SMILES string of the molecule is COc1ccc(C2=CN3C(=O)c4cc(OC)c(OCCCCCOc5cc6c(cc5OC)C(=O)N5C=C(c7ccc(O)cc7)C[C@H]5C(O[Si](C)(C)C(C)(C)C)N6C(=O)OCC(Cl)(Cl)Cl)cc4N(C(=O)OCC(Cl)(Cl)Cl)C(O[Si](C)(C)C(C)(C)C)[C@@H]3C2)cc1. The number of ether oxygens (including phenoxy) is 7. The molecular weight excluding hydrogens is 1290 g/mol. The van der Waals surface area contributed by atoms with Crippen LogP contribution in [0, 0.1) is 0 Å². The van der Waals surface area contributed by atoms with Crippen LogP contribution >= 0.6 is 69.6 Å². The van der Waals surface area contributed by atoms with Gasteiger partial charge in [0.25, 0.3) is 11.8 Å². The first kappa shape index (κ1) is 68.6. The van der Waals surface area contributed by atoms with E-state index >= 15 is 9.59 Å². The third kappa shape index (κ3) is 15.4. The Kier molecular flexibility index (Phi) is 21.0. The van der Waals surface area contributed by atoms with Gasteiger partial charge in [0.15, 0.2) is 52.1 Å². The molecule has 0 radical (unpaired) electrons. The van der Waals surface area contributed by atoms with Crippen LogP contribution in [0.1, 0.15) is 105 Å². The monoisotopic (exact) mass is 1370 g/mol. The van der Waals surface area contributed by atoms with Crippen LogP contribution in [-0.2, 0) is 18.3 Å². The molecule has 4 aromatic rings. The number of hydrogen-bond donors (Lipinski definition) is 1. The molecule has 0 saturated heterocycles. The molecule has 0 fully saturated rings. The second-order valence-corrected chi connectivity index (χ2v) is 39.5. The van der Waals surface area contributed by atoms with Gasteiger partial charge in [-0.1, -0.05) is 135 Å². The van der Waals surface area contributed by atoms with Gasteiger partial charge < -0.3 is 56.9 Å². The molecule has 4 atom stereocenters. The Labute approximate surface area is 546 Å². The van der Waals surface area contributed by atoms with Gasteiger partial charge in [0, 0.05) is 24.5 Å². The lowest BCUT2D eigenvalue weighted by Gasteiger charge is -2.44. The highest BCUT2D eigenvalue weighted by atomic mass is 35.6. The number of hydrogen-bond acceptors (Lipinski definition) is 14. The predicted octanol–water partition coefficient (Wildman–Crippen LogP) is 15.9. The van der Waals surface area contributed by atoms with Crippen LogP contribution in [0.2, 0.25) is 36.3 Å². The Balaban J connectivity index is 1.07. The largest absolute Gasteiger partial charge is 0.508 e. The van der Waals surface area contributed by atoms with E-state index in [1.807, 2.05) is 37.4 Å². The molecule has 4 heterocycles. The number of aromatic hydroxyl groups is 1. The van der Waals surface area contributed by atoms with Gasteiger partial charge >= 0.3 is 12.2 Å². The average Bonchev–Trinajstić information content (AvgIpc) is 3.20. The minimum Gasteiger partial charge on any atom is -0.508 e. The maximum absolute atomic E-state index is 15.1.